The van der Waals surface area contributed by atoms with Crippen LogP contribution in [0.2, 0.25) is 0 Å². The molecule has 4 heterocycles. The van der Waals surface area contributed by atoms with Gasteiger partial charge in [0.25, 0.3) is 6.43 Å². The van der Waals surface area contributed by atoms with Gasteiger partial charge in [-0.15, -0.1) is 0 Å². The van der Waals surface area contributed by atoms with Crippen molar-refractivity contribution in [2.45, 2.75) is 12.5 Å². The topological polar surface area (TPSA) is 102 Å². The third-order valence-electron chi connectivity index (χ3n) is 4.41. The van der Waals surface area contributed by atoms with Crippen LogP contribution in [0.1, 0.15) is 12.0 Å². The highest BCUT2D eigenvalue weighted by molar-refractivity contribution is 7.88. The van der Waals surface area contributed by atoms with Gasteiger partial charge in [-0.1, -0.05) is 0 Å². The highest BCUT2D eigenvalue weighted by atomic mass is 32.2. The van der Waals surface area contributed by atoms with Gasteiger partial charge in [-0.25, -0.2) is 26.9 Å². The van der Waals surface area contributed by atoms with Crippen LogP contribution in [0.3, 0.4) is 0 Å². The fourth-order valence-electron chi connectivity index (χ4n) is 3.00. The summed E-state index contributed by atoms with van der Waals surface area (Å²) >= 11 is 1.18. The first kappa shape index (κ1) is 20.1. The number of anilines is 1. The summed E-state index contributed by atoms with van der Waals surface area (Å²) in [5, 5.41) is 0.646. The summed E-state index contributed by atoms with van der Waals surface area (Å²) in [5.74, 6) is 0.390. The second kappa shape index (κ2) is 7.89. The van der Waals surface area contributed by atoms with Crippen LogP contribution in [-0.4, -0.2) is 65.8 Å². The van der Waals surface area contributed by atoms with Crippen LogP contribution in [0.25, 0.3) is 17.2 Å². The zero-order valence-electron chi connectivity index (χ0n) is 15.3. The second-order valence-electron chi connectivity index (χ2n) is 6.59. The summed E-state index contributed by atoms with van der Waals surface area (Å²) < 4.78 is 62.6. The lowest BCUT2D eigenvalue weighted by Crippen LogP contribution is -2.47. The molecule has 1 atom stereocenters. The Bertz CT molecular complexity index is 1120. The van der Waals surface area contributed by atoms with Gasteiger partial charge >= 0.3 is 0 Å². The van der Waals surface area contributed by atoms with Gasteiger partial charge in [0.15, 0.2) is 5.82 Å². The van der Waals surface area contributed by atoms with Gasteiger partial charge in [-0.05, 0) is 12.1 Å². The number of pyridine rings is 1. The Labute approximate surface area is 169 Å². The molecule has 3 aromatic heterocycles. The first-order valence-electron chi connectivity index (χ1n) is 8.70. The summed E-state index contributed by atoms with van der Waals surface area (Å²) in [7, 11) is -3.30. The minimum absolute atomic E-state index is 0.110. The number of nitrogens with one attached hydrogen (secondary N) is 1. The van der Waals surface area contributed by atoms with Crippen LogP contribution in [0.15, 0.2) is 24.5 Å². The lowest BCUT2D eigenvalue weighted by Gasteiger charge is -2.32. The maximum absolute atomic E-state index is 13.0. The molecule has 0 amide bonds. The molecule has 0 saturated carbocycles. The van der Waals surface area contributed by atoms with E-state index in [1.165, 1.54) is 29.9 Å². The highest BCUT2D eigenvalue weighted by Crippen LogP contribution is 2.27. The summed E-state index contributed by atoms with van der Waals surface area (Å²) in [5.41, 5.74) is 0.939. The molecule has 0 aromatic carbocycles. The number of alkyl halides is 2. The van der Waals surface area contributed by atoms with Crippen LogP contribution in [-0.2, 0) is 14.8 Å². The average molecular weight is 444 g/mol. The Morgan fingerprint density at radius 2 is 2.24 bits per heavy atom. The fraction of sp³-hybridized carbons (Fsp3) is 0.438. The van der Waals surface area contributed by atoms with E-state index in [9.17, 15) is 17.2 Å². The number of nitrogens with zero attached hydrogens (tertiary/aromatic N) is 5. The predicted octanol–water partition coefficient (Wildman–Crippen LogP) is 1.54. The molecule has 156 valence electrons. The van der Waals surface area contributed by atoms with Crippen molar-refractivity contribution in [2.24, 2.45) is 0 Å². The summed E-state index contributed by atoms with van der Waals surface area (Å²) in [6.07, 6.45) is 1.09. The smallest absolute Gasteiger partial charge is 0.265 e. The molecule has 1 aliphatic heterocycles. The summed E-state index contributed by atoms with van der Waals surface area (Å²) in [6.45, 7) is 1.65. The quantitative estimate of drug-likeness (QED) is 0.615. The average Bonchev–Trinajstić information content (AvgIpc) is 3.32. The van der Waals surface area contributed by atoms with Crippen LogP contribution < -0.4 is 9.62 Å². The number of morpholine rings is 1. The molecule has 1 N–H and O–H groups in total. The van der Waals surface area contributed by atoms with Crippen LogP contribution >= 0.6 is 11.5 Å². The normalized spacial score (nSPS) is 18.1. The van der Waals surface area contributed by atoms with E-state index in [0.717, 1.165) is 6.26 Å². The maximum Gasteiger partial charge on any atom is 0.265 e. The first-order valence-corrected chi connectivity index (χ1v) is 11.4. The molecule has 1 aliphatic rings. The highest BCUT2D eigenvalue weighted by Gasteiger charge is 2.25. The molecule has 13 heteroatoms. The predicted molar refractivity (Wildman–Crippen MR) is 104 cm³/mol. The Balaban J connectivity index is 1.54. The van der Waals surface area contributed by atoms with E-state index in [1.54, 1.807) is 10.6 Å². The minimum Gasteiger partial charge on any atom is -0.373 e. The third kappa shape index (κ3) is 4.52. The van der Waals surface area contributed by atoms with Gasteiger partial charge in [-0.2, -0.15) is 9.36 Å². The number of ether oxygens (including phenoxy) is 1. The number of sulfonamides is 1. The molecule has 1 fully saturated rings. The second-order valence-corrected chi connectivity index (χ2v) is 9.16. The Kier molecular flexibility index (Phi) is 5.46. The molecule has 9 nitrogen and oxygen atoms in total. The van der Waals surface area contributed by atoms with Gasteiger partial charge in [0.1, 0.15) is 11.3 Å². The van der Waals surface area contributed by atoms with Gasteiger partial charge in [0, 0.05) is 42.9 Å². The van der Waals surface area contributed by atoms with Crippen LogP contribution in [0.4, 0.5) is 13.9 Å². The van der Waals surface area contributed by atoms with E-state index in [1.807, 2.05) is 4.90 Å². The zero-order chi connectivity index (χ0) is 20.6. The molecule has 29 heavy (non-hydrogen) atoms. The Morgan fingerprint density at radius 3 is 3.00 bits per heavy atom. The minimum atomic E-state index is -3.30. The SMILES string of the molecule is CS(=O)(=O)NCC1CN(c2nc(-c3cnc4ccc(C(F)F)cn34)ns2)CCO1. The van der Waals surface area contributed by atoms with E-state index < -0.39 is 16.4 Å². The van der Waals surface area contributed by atoms with Gasteiger partial charge in [-0.3, -0.25) is 4.40 Å². The van der Waals surface area contributed by atoms with E-state index in [-0.39, 0.29) is 18.2 Å². The summed E-state index contributed by atoms with van der Waals surface area (Å²) in [4.78, 5) is 10.7. The maximum atomic E-state index is 13.0. The van der Waals surface area contributed by atoms with E-state index in [0.29, 0.717) is 42.0 Å². The Morgan fingerprint density at radius 1 is 1.41 bits per heavy atom. The third-order valence-corrected chi connectivity index (χ3v) is 5.88. The largest absolute Gasteiger partial charge is 0.373 e. The van der Waals surface area contributed by atoms with Crippen molar-refractivity contribution in [2.75, 3.05) is 37.4 Å². The van der Waals surface area contributed by atoms with Gasteiger partial charge in [0.2, 0.25) is 15.2 Å². The van der Waals surface area contributed by atoms with Gasteiger partial charge < -0.3 is 9.64 Å². The Hall–Kier alpha value is -2.22. The van der Waals surface area contributed by atoms with Crippen LogP contribution in [0.5, 0.6) is 0 Å². The van der Waals surface area contributed by atoms with Crippen molar-refractivity contribution >= 4 is 32.3 Å². The van der Waals surface area contributed by atoms with Gasteiger partial charge in [0.05, 0.1) is 25.2 Å². The molecule has 0 aliphatic carbocycles. The van der Waals surface area contributed by atoms with Crippen molar-refractivity contribution in [1.82, 2.24) is 23.5 Å². The van der Waals surface area contributed by atoms with Crippen molar-refractivity contribution in [1.29, 1.82) is 0 Å². The molecular weight excluding hydrogens is 426 g/mol. The monoisotopic (exact) mass is 444 g/mol. The molecule has 4 rings (SSSR count). The van der Waals surface area contributed by atoms with Crippen molar-refractivity contribution in [3.63, 3.8) is 0 Å². The van der Waals surface area contributed by atoms with Crippen molar-refractivity contribution < 1.29 is 21.9 Å². The lowest BCUT2D eigenvalue weighted by molar-refractivity contribution is 0.0442. The first-order chi connectivity index (χ1) is 13.8. The number of imidazole rings is 1. The molecule has 3 aromatic rings. The molecule has 0 bridgehead atoms. The van der Waals surface area contributed by atoms with E-state index in [4.69, 9.17) is 4.74 Å². The molecule has 1 saturated heterocycles. The fourth-order valence-corrected chi connectivity index (χ4v) is 4.20. The molecular formula is C16H18F2N6O3S2. The number of aromatic nitrogens is 4. The molecule has 0 radical (unpaired) electrons. The number of halogens is 2. The summed E-state index contributed by atoms with van der Waals surface area (Å²) in [6, 6.07) is 2.87. The lowest BCUT2D eigenvalue weighted by atomic mass is 10.3. The van der Waals surface area contributed by atoms with E-state index >= 15 is 0 Å². The number of hydrogen-bond acceptors (Lipinski definition) is 8. The number of hydrogen-bond donors (Lipinski definition) is 1. The molecule has 1 unspecified atom stereocenters. The molecule has 0 spiro atoms. The zero-order valence-corrected chi connectivity index (χ0v) is 17.0. The van der Waals surface area contributed by atoms with Crippen molar-refractivity contribution in [3.8, 4) is 11.5 Å². The standard InChI is InChI=1S/C16H18F2N6O3S2/c1-29(25,26)20-6-11-9-23(4-5-27-11)16-21-15(22-28-16)12-7-19-13-3-2-10(14(17)18)8-24(12)13/h2-3,7-8,11,14,20H,4-6,9H2,1H3. The van der Waals surface area contributed by atoms with Crippen molar-refractivity contribution in [3.05, 3.63) is 30.1 Å². The van der Waals surface area contributed by atoms with E-state index in [2.05, 4.69) is 19.1 Å². The number of rotatable bonds is 6. The number of fused-ring (bicyclic) bond motifs is 1. The van der Waals surface area contributed by atoms with Crippen LogP contribution in [0, 0.1) is 0 Å².